The van der Waals surface area contributed by atoms with E-state index in [2.05, 4.69) is 26.1 Å². The molecule has 0 bridgehead atoms. The summed E-state index contributed by atoms with van der Waals surface area (Å²) in [4.78, 5) is 14.3. The summed E-state index contributed by atoms with van der Waals surface area (Å²) in [5.41, 5.74) is 6.95. The van der Waals surface area contributed by atoms with Gasteiger partial charge in [0.25, 0.3) is 5.91 Å². The quantitative estimate of drug-likeness (QED) is 0.628. The average molecular weight is 342 g/mol. The molecule has 0 aromatic heterocycles. The third-order valence-corrected chi connectivity index (χ3v) is 3.99. The van der Waals surface area contributed by atoms with Crippen molar-refractivity contribution in [1.29, 1.82) is 0 Å². The number of nitrogens with zero attached hydrogens (tertiary/aromatic N) is 1. The van der Waals surface area contributed by atoms with Gasteiger partial charge in [-0.1, -0.05) is 0 Å². The molecule has 2 rings (SSSR count). The number of anilines is 1. The van der Waals surface area contributed by atoms with Crippen molar-refractivity contribution in [2.24, 2.45) is 0 Å². The number of nitrogens with one attached hydrogen (secondary N) is 1. The zero-order valence-electron chi connectivity index (χ0n) is 11.4. The molecule has 6 heteroatoms. The molecule has 1 aromatic carbocycles. The molecule has 1 aliphatic rings. The molecule has 3 N–H and O–H groups in total. The second-order valence-corrected chi connectivity index (χ2v) is 5.65. The summed E-state index contributed by atoms with van der Waals surface area (Å²) >= 11 is 3.32. The van der Waals surface area contributed by atoms with Gasteiger partial charge >= 0.3 is 0 Å². The maximum Gasteiger partial charge on any atom is 0.251 e. The Bertz CT molecular complexity index is 462. The molecule has 1 heterocycles. The molecule has 1 fully saturated rings. The van der Waals surface area contributed by atoms with E-state index in [0.717, 1.165) is 43.7 Å². The number of morpholine rings is 1. The van der Waals surface area contributed by atoms with Gasteiger partial charge in [0.05, 0.1) is 13.2 Å². The Kier molecular flexibility index (Phi) is 5.82. The summed E-state index contributed by atoms with van der Waals surface area (Å²) in [7, 11) is 0. The molecule has 0 radical (unpaired) electrons. The van der Waals surface area contributed by atoms with Gasteiger partial charge in [0.2, 0.25) is 0 Å². The van der Waals surface area contributed by atoms with Crippen molar-refractivity contribution < 1.29 is 9.53 Å². The molecular weight excluding hydrogens is 322 g/mol. The summed E-state index contributed by atoms with van der Waals surface area (Å²) in [5.74, 6) is -0.0623. The van der Waals surface area contributed by atoms with Crippen molar-refractivity contribution in [3.8, 4) is 0 Å². The van der Waals surface area contributed by atoms with Crippen molar-refractivity contribution in [2.75, 3.05) is 45.1 Å². The summed E-state index contributed by atoms with van der Waals surface area (Å²) in [6, 6.07) is 5.21. The highest BCUT2D eigenvalue weighted by Gasteiger charge is 2.10. The second kappa shape index (κ2) is 7.61. The summed E-state index contributed by atoms with van der Waals surface area (Å²) in [6.07, 6.45) is 0.946. The fraction of sp³-hybridized carbons (Fsp3) is 0.500. The third-order valence-electron chi connectivity index (χ3n) is 3.30. The Balaban J connectivity index is 1.70. The summed E-state index contributed by atoms with van der Waals surface area (Å²) < 4.78 is 6.05. The van der Waals surface area contributed by atoms with E-state index in [1.165, 1.54) is 0 Å². The summed E-state index contributed by atoms with van der Waals surface area (Å²) in [5, 5.41) is 2.93. The molecule has 0 spiro atoms. The Labute approximate surface area is 127 Å². The molecule has 1 saturated heterocycles. The first-order valence-corrected chi connectivity index (χ1v) is 7.59. The summed E-state index contributed by atoms with van der Waals surface area (Å²) in [6.45, 7) is 5.27. The first kappa shape index (κ1) is 15.3. The van der Waals surface area contributed by atoms with Crippen molar-refractivity contribution >= 4 is 27.5 Å². The molecule has 1 aliphatic heterocycles. The molecular formula is C14H20BrN3O2. The number of nitrogens with two attached hydrogens (primary N) is 1. The number of ether oxygens (including phenoxy) is 1. The predicted octanol–water partition coefficient (Wildman–Crippen LogP) is 1.48. The number of rotatable bonds is 5. The van der Waals surface area contributed by atoms with Gasteiger partial charge in [0, 0.05) is 35.4 Å². The lowest BCUT2D eigenvalue weighted by Crippen LogP contribution is -2.38. The number of benzene rings is 1. The Morgan fingerprint density at radius 1 is 1.40 bits per heavy atom. The lowest BCUT2D eigenvalue weighted by molar-refractivity contribution is 0.0374. The lowest BCUT2D eigenvalue weighted by atomic mass is 10.2. The minimum absolute atomic E-state index is 0.0623. The molecule has 0 atom stereocenters. The van der Waals surface area contributed by atoms with Crippen LogP contribution in [-0.4, -0.2) is 50.2 Å². The number of hydrogen-bond acceptors (Lipinski definition) is 4. The molecule has 0 unspecified atom stereocenters. The van der Waals surface area contributed by atoms with Gasteiger partial charge in [0.1, 0.15) is 0 Å². The Hall–Kier alpha value is -1.11. The zero-order chi connectivity index (χ0) is 14.4. The van der Waals surface area contributed by atoms with Gasteiger partial charge in [-0.2, -0.15) is 0 Å². The van der Waals surface area contributed by atoms with Crippen LogP contribution in [0.2, 0.25) is 0 Å². The van der Waals surface area contributed by atoms with E-state index in [0.29, 0.717) is 17.8 Å². The Morgan fingerprint density at radius 3 is 2.85 bits per heavy atom. The largest absolute Gasteiger partial charge is 0.398 e. The normalized spacial score (nSPS) is 16.1. The maximum absolute atomic E-state index is 12.0. The van der Waals surface area contributed by atoms with Crippen molar-refractivity contribution in [3.05, 3.63) is 28.2 Å². The number of hydrogen-bond donors (Lipinski definition) is 2. The van der Waals surface area contributed by atoms with Gasteiger partial charge in [0.15, 0.2) is 0 Å². The van der Waals surface area contributed by atoms with Crippen LogP contribution in [-0.2, 0) is 4.74 Å². The van der Waals surface area contributed by atoms with E-state index in [-0.39, 0.29) is 5.91 Å². The fourth-order valence-electron chi connectivity index (χ4n) is 2.10. The van der Waals surface area contributed by atoms with Crippen LogP contribution >= 0.6 is 15.9 Å². The standard InChI is InChI=1S/C14H20BrN3O2/c15-12-10-11(2-3-13(12)16)14(19)17-4-1-5-18-6-8-20-9-7-18/h2-3,10H,1,4-9,16H2,(H,17,19). The van der Waals surface area contributed by atoms with Gasteiger partial charge < -0.3 is 15.8 Å². The average Bonchev–Trinajstić information content (AvgIpc) is 2.47. The van der Waals surface area contributed by atoms with Crippen molar-refractivity contribution in [3.63, 3.8) is 0 Å². The van der Waals surface area contributed by atoms with Gasteiger partial charge in [-0.25, -0.2) is 0 Å². The topological polar surface area (TPSA) is 67.6 Å². The van der Waals surface area contributed by atoms with Crippen LogP contribution in [0.4, 0.5) is 5.69 Å². The molecule has 5 nitrogen and oxygen atoms in total. The monoisotopic (exact) mass is 341 g/mol. The van der Waals surface area contributed by atoms with Gasteiger partial charge in [-0.05, 0) is 47.1 Å². The number of halogens is 1. The van der Waals surface area contributed by atoms with E-state index < -0.39 is 0 Å². The van der Waals surface area contributed by atoms with E-state index >= 15 is 0 Å². The highest BCUT2D eigenvalue weighted by atomic mass is 79.9. The van der Waals surface area contributed by atoms with E-state index in [1.807, 2.05) is 0 Å². The highest BCUT2D eigenvalue weighted by Crippen LogP contribution is 2.20. The van der Waals surface area contributed by atoms with Crippen LogP contribution in [0.15, 0.2) is 22.7 Å². The molecule has 1 amide bonds. The smallest absolute Gasteiger partial charge is 0.251 e. The van der Waals surface area contributed by atoms with Crippen LogP contribution in [0, 0.1) is 0 Å². The van der Waals surface area contributed by atoms with Gasteiger partial charge in [-0.3, -0.25) is 9.69 Å². The minimum Gasteiger partial charge on any atom is -0.398 e. The molecule has 110 valence electrons. The zero-order valence-corrected chi connectivity index (χ0v) is 13.0. The van der Waals surface area contributed by atoms with Crippen LogP contribution in [0.1, 0.15) is 16.8 Å². The SMILES string of the molecule is Nc1ccc(C(=O)NCCCN2CCOCC2)cc1Br. The van der Waals surface area contributed by atoms with Crippen molar-refractivity contribution in [1.82, 2.24) is 10.2 Å². The maximum atomic E-state index is 12.0. The lowest BCUT2D eigenvalue weighted by Gasteiger charge is -2.26. The molecule has 0 aliphatic carbocycles. The minimum atomic E-state index is -0.0623. The van der Waals surface area contributed by atoms with Crippen molar-refractivity contribution in [2.45, 2.75) is 6.42 Å². The third kappa shape index (κ3) is 4.47. The second-order valence-electron chi connectivity index (χ2n) is 4.80. The van der Waals surface area contributed by atoms with E-state index in [4.69, 9.17) is 10.5 Å². The highest BCUT2D eigenvalue weighted by molar-refractivity contribution is 9.10. The Morgan fingerprint density at radius 2 is 2.15 bits per heavy atom. The fourth-order valence-corrected chi connectivity index (χ4v) is 2.48. The van der Waals surface area contributed by atoms with Crippen LogP contribution in [0.3, 0.4) is 0 Å². The molecule has 1 aromatic rings. The molecule has 20 heavy (non-hydrogen) atoms. The number of amides is 1. The number of carbonyl (C=O) groups excluding carboxylic acids is 1. The van der Waals surface area contributed by atoms with Gasteiger partial charge in [-0.15, -0.1) is 0 Å². The molecule has 0 saturated carbocycles. The van der Waals surface area contributed by atoms with Crippen LogP contribution < -0.4 is 11.1 Å². The first-order valence-electron chi connectivity index (χ1n) is 6.80. The first-order chi connectivity index (χ1) is 9.66. The number of nitrogen functional groups attached to an aromatic ring is 1. The van der Waals surface area contributed by atoms with E-state index in [1.54, 1.807) is 18.2 Å². The van der Waals surface area contributed by atoms with Crippen LogP contribution in [0.5, 0.6) is 0 Å². The van der Waals surface area contributed by atoms with E-state index in [9.17, 15) is 4.79 Å². The van der Waals surface area contributed by atoms with Crippen LogP contribution in [0.25, 0.3) is 0 Å². The number of carbonyl (C=O) groups is 1. The predicted molar refractivity (Wildman–Crippen MR) is 82.8 cm³/mol.